The summed E-state index contributed by atoms with van der Waals surface area (Å²) in [6.07, 6.45) is 2.19. The van der Waals surface area contributed by atoms with E-state index >= 15 is 0 Å². The maximum absolute atomic E-state index is 11.1. The molecule has 1 saturated heterocycles. The zero-order valence-corrected chi connectivity index (χ0v) is 13.4. The minimum atomic E-state index is 0.0652. The van der Waals surface area contributed by atoms with Crippen molar-refractivity contribution in [1.82, 2.24) is 10.6 Å². The molecule has 116 valence electrons. The van der Waals surface area contributed by atoms with E-state index in [2.05, 4.69) is 47.6 Å². The highest BCUT2D eigenvalue weighted by molar-refractivity contribution is 5.73. The Kier molecular flexibility index (Phi) is 5.62. The van der Waals surface area contributed by atoms with E-state index in [1.54, 1.807) is 6.92 Å². The number of amides is 1. The fraction of sp³-hybridized carbons (Fsp3) is 0.588. The molecule has 0 spiro atoms. The van der Waals surface area contributed by atoms with Gasteiger partial charge in [0, 0.05) is 38.3 Å². The first kappa shape index (κ1) is 15.8. The number of hydrogen-bond acceptors (Lipinski definition) is 3. The van der Waals surface area contributed by atoms with Crippen LogP contribution in [0.3, 0.4) is 0 Å². The molecule has 0 bridgehead atoms. The molecule has 2 N–H and O–H groups in total. The molecule has 1 aliphatic rings. The van der Waals surface area contributed by atoms with Gasteiger partial charge in [-0.3, -0.25) is 4.79 Å². The Hall–Kier alpha value is -1.55. The Balaban J connectivity index is 1.95. The smallest absolute Gasteiger partial charge is 0.217 e. The van der Waals surface area contributed by atoms with Crippen LogP contribution in [0, 0.1) is 6.92 Å². The second-order valence-corrected chi connectivity index (χ2v) is 5.92. The predicted octanol–water partition coefficient (Wildman–Crippen LogP) is 2.21. The van der Waals surface area contributed by atoms with Gasteiger partial charge in [0.05, 0.1) is 0 Å². The van der Waals surface area contributed by atoms with E-state index in [-0.39, 0.29) is 11.9 Å². The van der Waals surface area contributed by atoms with E-state index in [4.69, 9.17) is 0 Å². The van der Waals surface area contributed by atoms with E-state index in [1.165, 1.54) is 16.8 Å². The molecule has 21 heavy (non-hydrogen) atoms. The largest absolute Gasteiger partial charge is 0.369 e. The van der Waals surface area contributed by atoms with Crippen LogP contribution in [0.5, 0.6) is 0 Å². The van der Waals surface area contributed by atoms with Crippen LogP contribution < -0.4 is 15.5 Å². The predicted molar refractivity (Wildman–Crippen MR) is 87.6 cm³/mol. The molecule has 4 nitrogen and oxygen atoms in total. The Labute approximate surface area is 127 Å². The molecule has 1 aromatic rings. The van der Waals surface area contributed by atoms with Crippen molar-refractivity contribution in [2.24, 2.45) is 0 Å². The Bertz CT molecular complexity index is 487. The molecule has 1 amide bonds. The molecular weight excluding hydrogens is 262 g/mol. The molecule has 1 unspecified atom stereocenters. The van der Waals surface area contributed by atoms with Gasteiger partial charge >= 0.3 is 0 Å². The zero-order valence-electron chi connectivity index (χ0n) is 13.4. The molecule has 0 aromatic heterocycles. The molecule has 0 radical (unpaired) electrons. The number of carbonyl (C=O) groups excluding carboxylic acids is 1. The van der Waals surface area contributed by atoms with Crippen LogP contribution in [-0.2, 0) is 11.3 Å². The van der Waals surface area contributed by atoms with Gasteiger partial charge in [-0.1, -0.05) is 13.0 Å². The number of hydrogen-bond donors (Lipinski definition) is 2. The van der Waals surface area contributed by atoms with Gasteiger partial charge in [-0.05, 0) is 49.6 Å². The van der Waals surface area contributed by atoms with E-state index in [9.17, 15) is 4.79 Å². The van der Waals surface area contributed by atoms with Crippen LogP contribution in [0.15, 0.2) is 18.2 Å². The highest BCUT2D eigenvalue weighted by Gasteiger charge is 2.23. The first-order valence-corrected chi connectivity index (χ1v) is 7.92. The number of nitrogens with zero attached hydrogens (tertiary/aromatic N) is 1. The summed E-state index contributed by atoms with van der Waals surface area (Å²) in [4.78, 5) is 13.5. The van der Waals surface area contributed by atoms with Gasteiger partial charge in [0.2, 0.25) is 5.91 Å². The summed E-state index contributed by atoms with van der Waals surface area (Å²) < 4.78 is 0. The summed E-state index contributed by atoms with van der Waals surface area (Å²) in [6, 6.07) is 6.97. The van der Waals surface area contributed by atoms with E-state index in [0.717, 1.165) is 39.0 Å². The molecule has 1 heterocycles. The van der Waals surface area contributed by atoms with Crippen LogP contribution in [0.25, 0.3) is 0 Å². The molecule has 1 fully saturated rings. The fourth-order valence-electron chi connectivity index (χ4n) is 2.87. The van der Waals surface area contributed by atoms with Crippen molar-refractivity contribution in [3.63, 3.8) is 0 Å². The van der Waals surface area contributed by atoms with Gasteiger partial charge in [-0.2, -0.15) is 0 Å². The maximum Gasteiger partial charge on any atom is 0.217 e. The Morgan fingerprint density at radius 1 is 1.43 bits per heavy atom. The third kappa shape index (κ3) is 4.46. The molecule has 2 rings (SSSR count). The maximum atomic E-state index is 11.1. The fourth-order valence-corrected chi connectivity index (χ4v) is 2.87. The second-order valence-electron chi connectivity index (χ2n) is 5.92. The standard InChI is InChI=1S/C17H27N3O/c1-4-8-18-11-15-5-6-17(10-13(15)2)20-9-7-16(12-20)19-14(3)21/h5-6,10,16,18H,4,7-9,11-12H2,1-3H3,(H,19,21). The van der Waals surface area contributed by atoms with E-state index in [0.29, 0.717) is 0 Å². The van der Waals surface area contributed by atoms with Crippen LogP contribution in [0.2, 0.25) is 0 Å². The average molecular weight is 289 g/mol. The average Bonchev–Trinajstić information content (AvgIpc) is 2.88. The molecule has 1 aliphatic heterocycles. The van der Waals surface area contributed by atoms with Gasteiger partial charge in [0.15, 0.2) is 0 Å². The third-order valence-corrected chi connectivity index (χ3v) is 4.03. The van der Waals surface area contributed by atoms with Gasteiger partial charge in [0.1, 0.15) is 0 Å². The van der Waals surface area contributed by atoms with Crippen LogP contribution in [0.1, 0.15) is 37.8 Å². The SMILES string of the molecule is CCCNCc1ccc(N2CCC(NC(C)=O)C2)cc1C. The van der Waals surface area contributed by atoms with Crippen LogP contribution in [0.4, 0.5) is 5.69 Å². The molecule has 0 saturated carbocycles. The number of nitrogens with one attached hydrogen (secondary N) is 2. The van der Waals surface area contributed by atoms with Gasteiger partial charge in [-0.15, -0.1) is 0 Å². The molecule has 0 aliphatic carbocycles. The third-order valence-electron chi connectivity index (χ3n) is 4.03. The molecule has 1 aromatic carbocycles. The van der Waals surface area contributed by atoms with Gasteiger partial charge in [-0.25, -0.2) is 0 Å². The van der Waals surface area contributed by atoms with Crippen molar-refractivity contribution in [3.05, 3.63) is 29.3 Å². The Morgan fingerprint density at radius 2 is 2.24 bits per heavy atom. The zero-order chi connectivity index (χ0) is 15.2. The van der Waals surface area contributed by atoms with Crippen molar-refractivity contribution in [2.75, 3.05) is 24.5 Å². The number of benzene rings is 1. The highest BCUT2D eigenvalue weighted by atomic mass is 16.1. The number of rotatable bonds is 6. The highest BCUT2D eigenvalue weighted by Crippen LogP contribution is 2.23. The van der Waals surface area contributed by atoms with E-state index in [1.807, 2.05) is 0 Å². The first-order valence-electron chi connectivity index (χ1n) is 7.92. The summed E-state index contributed by atoms with van der Waals surface area (Å²) in [6.45, 7) is 9.87. The quantitative estimate of drug-likeness (QED) is 0.789. The number of anilines is 1. The summed E-state index contributed by atoms with van der Waals surface area (Å²) in [5.74, 6) is 0.0652. The minimum Gasteiger partial charge on any atom is -0.369 e. The summed E-state index contributed by atoms with van der Waals surface area (Å²) >= 11 is 0. The lowest BCUT2D eigenvalue weighted by Gasteiger charge is -2.20. The van der Waals surface area contributed by atoms with Crippen LogP contribution >= 0.6 is 0 Å². The topological polar surface area (TPSA) is 44.4 Å². The van der Waals surface area contributed by atoms with Crippen molar-refractivity contribution < 1.29 is 4.79 Å². The first-order chi connectivity index (χ1) is 10.1. The summed E-state index contributed by atoms with van der Waals surface area (Å²) in [7, 11) is 0. The number of aryl methyl sites for hydroxylation is 1. The lowest BCUT2D eigenvalue weighted by molar-refractivity contribution is -0.119. The van der Waals surface area contributed by atoms with Crippen molar-refractivity contribution in [3.8, 4) is 0 Å². The van der Waals surface area contributed by atoms with E-state index < -0.39 is 0 Å². The van der Waals surface area contributed by atoms with Crippen LogP contribution in [-0.4, -0.2) is 31.6 Å². The molecule has 4 heteroatoms. The molecular formula is C17H27N3O. The van der Waals surface area contributed by atoms with Crippen molar-refractivity contribution >= 4 is 11.6 Å². The second kappa shape index (κ2) is 7.46. The normalized spacial score (nSPS) is 18.0. The number of carbonyl (C=O) groups is 1. The van der Waals surface area contributed by atoms with Crippen molar-refractivity contribution in [2.45, 2.75) is 46.2 Å². The summed E-state index contributed by atoms with van der Waals surface area (Å²) in [5, 5.41) is 6.46. The van der Waals surface area contributed by atoms with Gasteiger partial charge in [0.25, 0.3) is 0 Å². The van der Waals surface area contributed by atoms with Gasteiger partial charge < -0.3 is 15.5 Å². The van der Waals surface area contributed by atoms with Crippen molar-refractivity contribution in [1.29, 1.82) is 0 Å². The lowest BCUT2D eigenvalue weighted by atomic mass is 10.1. The summed E-state index contributed by atoms with van der Waals surface area (Å²) in [5.41, 5.74) is 3.96. The Morgan fingerprint density at radius 3 is 2.90 bits per heavy atom. The molecule has 1 atom stereocenters. The minimum absolute atomic E-state index is 0.0652. The lowest BCUT2D eigenvalue weighted by Crippen LogP contribution is -2.35. The monoisotopic (exact) mass is 289 g/mol.